The standard InChI is InChI=1S/C13H21NO2/c1-13(2,3)16-12(15)9-8-11-7-5-6-10-14(11)4/h11H,5-7,10H2,1-4H3. The zero-order valence-electron chi connectivity index (χ0n) is 10.7. The number of hydrogen-bond acceptors (Lipinski definition) is 3. The highest BCUT2D eigenvalue weighted by Crippen LogP contribution is 2.14. The Labute approximate surface area is 98.1 Å². The minimum atomic E-state index is -0.454. The second-order valence-electron chi connectivity index (χ2n) is 5.26. The van der Waals surface area contributed by atoms with E-state index in [1.54, 1.807) is 0 Å². The summed E-state index contributed by atoms with van der Waals surface area (Å²) in [5.41, 5.74) is -0.454. The molecule has 0 amide bonds. The third-order valence-electron chi connectivity index (χ3n) is 2.51. The summed E-state index contributed by atoms with van der Waals surface area (Å²) in [5, 5.41) is 0. The molecule has 1 rings (SSSR count). The minimum Gasteiger partial charge on any atom is -0.450 e. The van der Waals surface area contributed by atoms with Crippen molar-refractivity contribution in [2.24, 2.45) is 0 Å². The van der Waals surface area contributed by atoms with Gasteiger partial charge >= 0.3 is 5.97 Å². The van der Waals surface area contributed by atoms with E-state index < -0.39 is 11.6 Å². The number of nitrogens with zero attached hydrogens (tertiary/aromatic N) is 1. The molecule has 1 heterocycles. The molecule has 1 unspecified atom stereocenters. The molecule has 3 nitrogen and oxygen atoms in total. The van der Waals surface area contributed by atoms with Crippen molar-refractivity contribution in [3.63, 3.8) is 0 Å². The Hall–Kier alpha value is -1.01. The van der Waals surface area contributed by atoms with Crippen LogP contribution < -0.4 is 0 Å². The van der Waals surface area contributed by atoms with Crippen molar-refractivity contribution in [3.05, 3.63) is 0 Å². The van der Waals surface area contributed by atoms with Crippen molar-refractivity contribution in [3.8, 4) is 11.8 Å². The lowest BCUT2D eigenvalue weighted by Crippen LogP contribution is -2.35. The Bertz CT molecular complexity index is 306. The number of ether oxygens (including phenoxy) is 1. The monoisotopic (exact) mass is 223 g/mol. The van der Waals surface area contributed by atoms with E-state index in [0.717, 1.165) is 13.0 Å². The number of hydrogen-bond donors (Lipinski definition) is 0. The predicted octanol–water partition coefficient (Wildman–Crippen LogP) is 1.82. The SMILES string of the molecule is CN1CCCCC1C#CC(=O)OC(C)(C)C. The largest absolute Gasteiger partial charge is 0.450 e. The third kappa shape index (κ3) is 4.67. The molecule has 1 aliphatic rings. The molecule has 0 spiro atoms. The van der Waals surface area contributed by atoms with Gasteiger partial charge in [0.25, 0.3) is 0 Å². The highest BCUT2D eigenvalue weighted by Gasteiger charge is 2.17. The summed E-state index contributed by atoms with van der Waals surface area (Å²) in [6.07, 6.45) is 3.46. The highest BCUT2D eigenvalue weighted by atomic mass is 16.6. The average Bonchev–Trinajstić information content (AvgIpc) is 2.14. The molecule has 16 heavy (non-hydrogen) atoms. The van der Waals surface area contributed by atoms with Gasteiger partial charge in [0.1, 0.15) is 5.60 Å². The first-order chi connectivity index (χ1) is 7.38. The molecule has 1 saturated heterocycles. The zero-order valence-corrected chi connectivity index (χ0v) is 10.7. The van der Waals surface area contributed by atoms with E-state index in [4.69, 9.17) is 4.74 Å². The summed E-state index contributed by atoms with van der Waals surface area (Å²) in [6, 6.07) is 0.210. The second kappa shape index (κ2) is 5.36. The Kier molecular flexibility index (Phi) is 4.37. The van der Waals surface area contributed by atoms with Crippen LogP contribution in [-0.2, 0) is 9.53 Å². The molecule has 0 N–H and O–H groups in total. The van der Waals surface area contributed by atoms with Gasteiger partial charge in [-0.15, -0.1) is 0 Å². The summed E-state index contributed by atoms with van der Waals surface area (Å²) in [4.78, 5) is 13.6. The van der Waals surface area contributed by atoms with Gasteiger partial charge in [0.15, 0.2) is 0 Å². The Morgan fingerprint density at radius 1 is 1.38 bits per heavy atom. The zero-order chi connectivity index (χ0) is 12.2. The summed E-state index contributed by atoms with van der Waals surface area (Å²) >= 11 is 0. The van der Waals surface area contributed by atoms with Gasteiger partial charge in [-0.2, -0.15) is 0 Å². The molecule has 0 aliphatic carbocycles. The molecule has 3 heteroatoms. The van der Waals surface area contributed by atoms with Gasteiger partial charge in [0.2, 0.25) is 0 Å². The molecule has 0 saturated carbocycles. The van der Waals surface area contributed by atoms with Crippen LogP contribution in [0.15, 0.2) is 0 Å². The predicted molar refractivity (Wildman–Crippen MR) is 63.9 cm³/mol. The van der Waals surface area contributed by atoms with Crippen LogP contribution in [0.4, 0.5) is 0 Å². The van der Waals surface area contributed by atoms with Crippen molar-refractivity contribution in [1.29, 1.82) is 0 Å². The summed E-state index contributed by atoms with van der Waals surface area (Å²) in [6.45, 7) is 6.60. The molecule has 1 atom stereocenters. The van der Waals surface area contributed by atoms with Gasteiger partial charge < -0.3 is 4.74 Å². The second-order valence-corrected chi connectivity index (χ2v) is 5.26. The van der Waals surface area contributed by atoms with Crippen LogP contribution in [0.1, 0.15) is 40.0 Å². The number of esters is 1. The van der Waals surface area contributed by atoms with Gasteiger partial charge in [-0.25, -0.2) is 4.79 Å². The van der Waals surface area contributed by atoms with Gasteiger partial charge in [-0.1, -0.05) is 5.92 Å². The molecular weight excluding hydrogens is 202 g/mol. The number of piperidine rings is 1. The van der Waals surface area contributed by atoms with E-state index in [9.17, 15) is 4.79 Å². The first kappa shape index (κ1) is 13.1. The molecule has 0 aromatic carbocycles. The van der Waals surface area contributed by atoms with Crippen molar-refractivity contribution >= 4 is 5.97 Å². The lowest BCUT2D eigenvalue weighted by atomic mass is 10.0. The average molecular weight is 223 g/mol. The summed E-state index contributed by atoms with van der Waals surface area (Å²) < 4.78 is 5.13. The maximum absolute atomic E-state index is 11.4. The molecule has 90 valence electrons. The lowest BCUT2D eigenvalue weighted by molar-refractivity contribution is -0.147. The molecule has 1 aliphatic heterocycles. The maximum atomic E-state index is 11.4. The van der Waals surface area contributed by atoms with Crippen molar-refractivity contribution in [1.82, 2.24) is 4.90 Å². The summed E-state index contributed by atoms with van der Waals surface area (Å²) in [5.74, 6) is 5.16. The van der Waals surface area contributed by atoms with Gasteiger partial charge in [-0.3, -0.25) is 4.90 Å². The fourth-order valence-corrected chi connectivity index (χ4v) is 1.70. The van der Waals surface area contributed by atoms with Crippen molar-refractivity contribution < 1.29 is 9.53 Å². The topological polar surface area (TPSA) is 29.5 Å². The Balaban J connectivity index is 2.49. The third-order valence-corrected chi connectivity index (χ3v) is 2.51. The smallest absolute Gasteiger partial charge is 0.384 e. The minimum absolute atomic E-state index is 0.210. The van der Waals surface area contributed by atoms with Gasteiger partial charge in [0, 0.05) is 5.92 Å². The van der Waals surface area contributed by atoms with Crippen molar-refractivity contribution in [2.45, 2.75) is 51.7 Å². The van der Waals surface area contributed by atoms with E-state index >= 15 is 0 Å². The first-order valence-electron chi connectivity index (χ1n) is 5.83. The fourth-order valence-electron chi connectivity index (χ4n) is 1.70. The van der Waals surface area contributed by atoms with E-state index in [1.807, 2.05) is 27.8 Å². The van der Waals surface area contributed by atoms with E-state index in [0.29, 0.717) is 0 Å². The lowest BCUT2D eigenvalue weighted by Gasteiger charge is -2.28. The Morgan fingerprint density at radius 3 is 2.62 bits per heavy atom. The maximum Gasteiger partial charge on any atom is 0.384 e. The van der Waals surface area contributed by atoms with Crippen molar-refractivity contribution in [2.75, 3.05) is 13.6 Å². The van der Waals surface area contributed by atoms with Crippen LogP contribution in [0, 0.1) is 11.8 Å². The van der Waals surface area contributed by atoms with Crippen LogP contribution in [0.25, 0.3) is 0 Å². The van der Waals surface area contributed by atoms with Gasteiger partial charge in [-0.05, 0) is 53.6 Å². The van der Waals surface area contributed by atoms with Crippen LogP contribution in [0.3, 0.4) is 0 Å². The summed E-state index contributed by atoms with van der Waals surface area (Å²) in [7, 11) is 2.05. The van der Waals surface area contributed by atoms with E-state index in [1.165, 1.54) is 12.8 Å². The number of rotatable bonds is 0. The fraction of sp³-hybridized carbons (Fsp3) is 0.769. The van der Waals surface area contributed by atoms with E-state index in [-0.39, 0.29) is 6.04 Å². The number of carbonyl (C=O) groups excluding carboxylic acids is 1. The molecule has 0 radical (unpaired) electrons. The molecule has 0 aromatic rings. The molecule has 0 bridgehead atoms. The number of likely N-dealkylation sites (tertiary alicyclic amines) is 1. The molecular formula is C13H21NO2. The van der Waals surface area contributed by atoms with Crippen LogP contribution in [0.2, 0.25) is 0 Å². The van der Waals surface area contributed by atoms with E-state index in [2.05, 4.69) is 16.7 Å². The van der Waals surface area contributed by atoms with Crippen LogP contribution >= 0.6 is 0 Å². The molecule has 1 fully saturated rings. The first-order valence-corrected chi connectivity index (χ1v) is 5.83. The van der Waals surface area contributed by atoms with Gasteiger partial charge in [0.05, 0.1) is 6.04 Å². The Morgan fingerprint density at radius 2 is 2.06 bits per heavy atom. The highest BCUT2D eigenvalue weighted by molar-refractivity contribution is 5.88. The van der Waals surface area contributed by atoms with Crippen LogP contribution in [-0.4, -0.2) is 36.1 Å². The quantitative estimate of drug-likeness (QED) is 0.356. The number of carbonyl (C=O) groups is 1. The normalized spacial score (nSPS) is 22.1. The van der Waals surface area contributed by atoms with Crippen LogP contribution in [0.5, 0.6) is 0 Å². The molecule has 0 aromatic heterocycles.